The summed E-state index contributed by atoms with van der Waals surface area (Å²) in [5, 5.41) is 10.2. The zero-order valence-electron chi connectivity index (χ0n) is 11.5. The Balaban J connectivity index is 2.71. The highest BCUT2D eigenvalue weighted by Gasteiger charge is 2.14. The van der Waals surface area contributed by atoms with Crippen molar-refractivity contribution < 1.29 is 9.84 Å². The van der Waals surface area contributed by atoms with E-state index in [0.717, 1.165) is 34.2 Å². The number of hydrogen-bond donors (Lipinski definition) is 1. The first-order valence-corrected chi connectivity index (χ1v) is 7.41. The van der Waals surface area contributed by atoms with Crippen molar-refractivity contribution in [3.05, 3.63) is 27.7 Å². The SMILES string of the molecule is CCCCCCC(O)c1cc(Br)c(C)cc1OC. The maximum Gasteiger partial charge on any atom is 0.125 e. The molecular weight excluding hydrogens is 292 g/mol. The fraction of sp³-hybridized carbons (Fsp3) is 0.600. The Morgan fingerprint density at radius 2 is 2.00 bits per heavy atom. The van der Waals surface area contributed by atoms with Crippen molar-refractivity contribution in [2.24, 2.45) is 0 Å². The van der Waals surface area contributed by atoms with E-state index in [2.05, 4.69) is 22.9 Å². The van der Waals surface area contributed by atoms with E-state index in [0.29, 0.717) is 0 Å². The van der Waals surface area contributed by atoms with Crippen LogP contribution in [0.4, 0.5) is 0 Å². The zero-order chi connectivity index (χ0) is 13.5. The van der Waals surface area contributed by atoms with E-state index in [9.17, 15) is 5.11 Å². The summed E-state index contributed by atoms with van der Waals surface area (Å²) in [6, 6.07) is 3.94. The van der Waals surface area contributed by atoms with Gasteiger partial charge < -0.3 is 9.84 Å². The van der Waals surface area contributed by atoms with E-state index in [-0.39, 0.29) is 0 Å². The average molecular weight is 315 g/mol. The summed E-state index contributed by atoms with van der Waals surface area (Å²) in [7, 11) is 1.65. The van der Waals surface area contributed by atoms with Gasteiger partial charge in [0.25, 0.3) is 0 Å². The van der Waals surface area contributed by atoms with Gasteiger partial charge in [-0.1, -0.05) is 48.5 Å². The molecule has 1 unspecified atom stereocenters. The van der Waals surface area contributed by atoms with Crippen LogP contribution < -0.4 is 4.74 Å². The van der Waals surface area contributed by atoms with Crippen LogP contribution in [0.3, 0.4) is 0 Å². The number of unbranched alkanes of at least 4 members (excludes halogenated alkanes) is 3. The van der Waals surface area contributed by atoms with Gasteiger partial charge in [0, 0.05) is 10.0 Å². The van der Waals surface area contributed by atoms with Crippen LogP contribution in [0.15, 0.2) is 16.6 Å². The molecule has 102 valence electrons. The van der Waals surface area contributed by atoms with Gasteiger partial charge >= 0.3 is 0 Å². The first-order valence-electron chi connectivity index (χ1n) is 6.62. The number of methoxy groups -OCH3 is 1. The second-order valence-corrected chi connectivity index (χ2v) is 5.56. The summed E-state index contributed by atoms with van der Waals surface area (Å²) in [6.07, 6.45) is 5.06. The Labute approximate surface area is 118 Å². The Hall–Kier alpha value is -0.540. The van der Waals surface area contributed by atoms with Gasteiger partial charge in [-0.05, 0) is 31.0 Å². The van der Waals surface area contributed by atoms with E-state index in [1.54, 1.807) is 7.11 Å². The van der Waals surface area contributed by atoms with Crippen LogP contribution in [0, 0.1) is 6.92 Å². The van der Waals surface area contributed by atoms with Gasteiger partial charge in [-0.3, -0.25) is 0 Å². The molecule has 1 rings (SSSR count). The van der Waals surface area contributed by atoms with Gasteiger partial charge in [-0.25, -0.2) is 0 Å². The molecular formula is C15H23BrO2. The molecule has 0 heterocycles. The second-order valence-electron chi connectivity index (χ2n) is 4.71. The van der Waals surface area contributed by atoms with Crippen LogP contribution in [0.25, 0.3) is 0 Å². The van der Waals surface area contributed by atoms with Gasteiger partial charge in [-0.2, -0.15) is 0 Å². The molecule has 0 bridgehead atoms. The summed E-state index contributed by atoms with van der Waals surface area (Å²) in [5.41, 5.74) is 2.00. The largest absolute Gasteiger partial charge is 0.496 e. The van der Waals surface area contributed by atoms with Crippen LogP contribution in [0.2, 0.25) is 0 Å². The van der Waals surface area contributed by atoms with Gasteiger partial charge in [-0.15, -0.1) is 0 Å². The van der Waals surface area contributed by atoms with E-state index in [1.165, 1.54) is 19.3 Å². The molecule has 0 aromatic heterocycles. The summed E-state index contributed by atoms with van der Waals surface area (Å²) < 4.78 is 6.37. The Morgan fingerprint density at radius 1 is 1.28 bits per heavy atom. The fourth-order valence-corrected chi connectivity index (χ4v) is 2.39. The Bertz CT molecular complexity index is 377. The van der Waals surface area contributed by atoms with Crippen molar-refractivity contribution in [3.63, 3.8) is 0 Å². The number of aryl methyl sites for hydroxylation is 1. The number of aliphatic hydroxyl groups is 1. The molecule has 2 nitrogen and oxygen atoms in total. The van der Waals surface area contributed by atoms with E-state index in [4.69, 9.17) is 4.74 Å². The normalized spacial score (nSPS) is 12.5. The summed E-state index contributed by atoms with van der Waals surface area (Å²) in [6.45, 7) is 4.21. The summed E-state index contributed by atoms with van der Waals surface area (Å²) >= 11 is 3.50. The minimum absolute atomic E-state index is 0.436. The molecule has 0 aliphatic carbocycles. The third-order valence-electron chi connectivity index (χ3n) is 3.20. The number of ether oxygens (including phenoxy) is 1. The predicted octanol–water partition coefficient (Wildman–Crippen LogP) is 4.77. The molecule has 0 amide bonds. The molecule has 1 N–H and O–H groups in total. The molecule has 0 saturated carbocycles. The molecule has 1 aromatic rings. The Kier molecular flexibility index (Phi) is 6.72. The maximum absolute atomic E-state index is 10.2. The molecule has 0 spiro atoms. The predicted molar refractivity (Wildman–Crippen MR) is 79.1 cm³/mol. The molecule has 18 heavy (non-hydrogen) atoms. The summed E-state index contributed by atoms with van der Waals surface area (Å²) in [5.74, 6) is 0.777. The third kappa shape index (κ3) is 4.29. The fourth-order valence-electron chi connectivity index (χ4n) is 2.03. The van der Waals surface area contributed by atoms with Crippen LogP contribution in [0.1, 0.15) is 56.3 Å². The number of rotatable bonds is 7. The van der Waals surface area contributed by atoms with Crippen LogP contribution >= 0.6 is 15.9 Å². The second kappa shape index (κ2) is 7.80. The first-order chi connectivity index (χ1) is 8.60. The highest BCUT2D eigenvalue weighted by Crippen LogP contribution is 2.33. The van der Waals surface area contributed by atoms with Crippen molar-refractivity contribution in [1.82, 2.24) is 0 Å². The van der Waals surface area contributed by atoms with Gasteiger partial charge in [0.2, 0.25) is 0 Å². The molecule has 0 radical (unpaired) electrons. The van der Waals surface area contributed by atoms with E-state index >= 15 is 0 Å². The maximum atomic E-state index is 10.2. The van der Waals surface area contributed by atoms with Crippen molar-refractivity contribution in [2.75, 3.05) is 7.11 Å². The van der Waals surface area contributed by atoms with Crippen molar-refractivity contribution >= 4 is 15.9 Å². The lowest BCUT2D eigenvalue weighted by Gasteiger charge is -2.16. The lowest BCUT2D eigenvalue weighted by Crippen LogP contribution is -2.01. The number of aliphatic hydroxyl groups excluding tert-OH is 1. The highest BCUT2D eigenvalue weighted by atomic mass is 79.9. The average Bonchev–Trinajstić information content (AvgIpc) is 2.37. The smallest absolute Gasteiger partial charge is 0.125 e. The number of benzene rings is 1. The quantitative estimate of drug-likeness (QED) is 0.734. The van der Waals surface area contributed by atoms with Crippen molar-refractivity contribution in [2.45, 2.75) is 52.1 Å². The lowest BCUT2D eigenvalue weighted by molar-refractivity contribution is 0.159. The summed E-state index contributed by atoms with van der Waals surface area (Å²) in [4.78, 5) is 0. The van der Waals surface area contributed by atoms with Crippen LogP contribution in [0.5, 0.6) is 5.75 Å². The highest BCUT2D eigenvalue weighted by molar-refractivity contribution is 9.10. The minimum atomic E-state index is -0.436. The molecule has 1 atom stereocenters. The third-order valence-corrected chi connectivity index (χ3v) is 4.06. The zero-order valence-corrected chi connectivity index (χ0v) is 13.1. The lowest BCUT2D eigenvalue weighted by atomic mass is 10.0. The standard InChI is InChI=1S/C15H23BrO2/c1-4-5-6-7-8-14(17)12-10-13(16)11(2)9-15(12)18-3/h9-10,14,17H,4-8H2,1-3H3. The van der Waals surface area contributed by atoms with Gasteiger partial charge in [0.1, 0.15) is 5.75 Å². The van der Waals surface area contributed by atoms with Crippen LogP contribution in [-0.4, -0.2) is 12.2 Å². The molecule has 0 fully saturated rings. The van der Waals surface area contributed by atoms with Gasteiger partial charge in [0.15, 0.2) is 0 Å². The molecule has 0 aliphatic rings. The van der Waals surface area contributed by atoms with Gasteiger partial charge in [0.05, 0.1) is 13.2 Å². The molecule has 1 aromatic carbocycles. The molecule has 0 saturated heterocycles. The number of hydrogen-bond acceptors (Lipinski definition) is 2. The Morgan fingerprint density at radius 3 is 2.61 bits per heavy atom. The topological polar surface area (TPSA) is 29.5 Å². The minimum Gasteiger partial charge on any atom is -0.496 e. The van der Waals surface area contributed by atoms with E-state index < -0.39 is 6.10 Å². The molecule has 3 heteroatoms. The van der Waals surface area contributed by atoms with Crippen molar-refractivity contribution in [3.8, 4) is 5.75 Å². The molecule has 0 aliphatic heterocycles. The van der Waals surface area contributed by atoms with Crippen LogP contribution in [-0.2, 0) is 0 Å². The monoisotopic (exact) mass is 314 g/mol. The van der Waals surface area contributed by atoms with E-state index in [1.807, 2.05) is 19.1 Å². The first kappa shape index (κ1) is 15.5. The van der Waals surface area contributed by atoms with Crippen molar-refractivity contribution in [1.29, 1.82) is 0 Å². The number of halogens is 1.